The summed E-state index contributed by atoms with van der Waals surface area (Å²) in [6.45, 7) is 0.537. The number of hydrogen-bond acceptors (Lipinski definition) is 2. The van der Waals surface area contributed by atoms with Crippen LogP contribution in [0.15, 0.2) is 22.7 Å². The Morgan fingerprint density at radius 2 is 1.95 bits per heavy atom. The Labute approximate surface area is 129 Å². The molecule has 1 amide bonds. The molecule has 7 heteroatoms. The summed E-state index contributed by atoms with van der Waals surface area (Å²) in [6, 6.07) is 3.46. The lowest BCUT2D eigenvalue weighted by atomic mass is 10.1. The van der Waals surface area contributed by atoms with Crippen LogP contribution in [0.3, 0.4) is 0 Å². The van der Waals surface area contributed by atoms with E-state index < -0.39 is 17.6 Å². The average molecular weight is 368 g/mol. The van der Waals surface area contributed by atoms with Crippen molar-refractivity contribution in [1.82, 2.24) is 4.90 Å². The first kappa shape index (κ1) is 18.0. The normalized spacial score (nSPS) is 11.5. The fourth-order valence-corrected chi connectivity index (χ4v) is 2.31. The highest BCUT2D eigenvalue weighted by Crippen LogP contribution is 2.35. The zero-order valence-electron chi connectivity index (χ0n) is 11.6. The molecule has 0 saturated carbocycles. The van der Waals surface area contributed by atoms with Gasteiger partial charge in [-0.1, -0.05) is 15.9 Å². The fourth-order valence-electron chi connectivity index (χ4n) is 1.84. The molecule has 0 atom stereocenters. The van der Waals surface area contributed by atoms with Crippen LogP contribution in [0.5, 0.6) is 0 Å². The zero-order valence-corrected chi connectivity index (χ0v) is 13.2. The molecular weight excluding hydrogens is 351 g/mol. The van der Waals surface area contributed by atoms with Crippen molar-refractivity contribution < 1.29 is 23.1 Å². The van der Waals surface area contributed by atoms with Gasteiger partial charge >= 0.3 is 6.18 Å². The molecule has 0 aliphatic carbocycles. The third-order valence-electron chi connectivity index (χ3n) is 3.02. The number of rotatable bonds is 6. The number of alkyl halides is 3. The minimum absolute atomic E-state index is 0.00943. The van der Waals surface area contributed by atoms with Crippen LogP contribution in [-0.2, 0) is 6.18 Å². The highest BCUT2D eigenvalue weighted by atomic mass is 79.9. The highest BCUT2D eigenvalue weighted by Gasteiger charge is 2.33. The van der Waals surface area contributed by atoms with Crippen LogP contribution in [0.1, 0.15) is 35.2 Å². The minimum Gasteiger partial charge on any atom is -0.396 e. The summed E-state index contributed by atoms with van der Waals surface area (Å²) in [7, 11) is 1.55. The zero-order chi connectivity index (χ0) is 16.0. The molecule has 0 fully saturated rings. The molecule has 0 aliphatic rings. The summed E-state index contributed by atoms with van der Waals surface area (Å²) < 4.78 is 38.3. The van der Waals surface area contributed by atoms with E-state index in [9.17, 15) is 18.0 Å². The molecule has 0 unspecified atom stereocenters. The summed E-state index contributed by atoms with van der Waals surface area (Å²) in [4.78, 5) is 13.5. The first-order valence-corrected chi connectivity index (χ1v) is 7.29. The summed E-state index contributed by atoms with van der Waals surface area (Å²) in [5.74, 6) is -0.447. The van der Waals surface area contributed by atoms with Crippen molar-refractivity contribution in [3.05, 3.63) is 33.8 Å². The van der Waals surface area contributed by atoms with Gasteiger partial charge in [-0.15, -0.1) is 0 Å². The van der Waals surface area contributed by atoms with Crippen molar-refractivity contribution in [1.29, 1.82) is 0 Å². The van der Waals surface area contributed by atoms with Crippen molar-refractivity contribution >= 4 is 21.8 Å². The molecule has 0 aliphatic heterocycles. The Hall–Kier alpha value is -1.08. The van der Waals surface area contributed by atoms with Crippen molar-refractivity contribution in [3.63, 3.8) is 0 Å². The maximum absolute atomic E-state index is 12.8. The molecule has 0 bridgehead atoms. The maximum Gasteiger partial charge on any atom is 0.417 e. The largest absolute Gasteiger partial charge is 0.417 e. The third-order valence-corrected chi connectivity index (χ3v) is 3.71. The smallest absolute Gasteiger partial charge is 0.396 e. The molecule has 1 aromatic rings. The van der Waals surface area contributed by atoms with Crippen LogP contribution >= 0.6 is 15.9 Å². The van der Waals surface area contributed by atoms with Gasteiger partial charge in [0.25, 0.3) is 5.91 Å². The number of aliphatic hydroxyl groups is 1. The molecule has 0 aromatic heterocycles. The van der Waals surface area contributed by atoms with E-state index in [2.05, 4.69) is 15.9 Å². The van der Waals surface area contributed by atoms with Crippen LogP contribution in [0, 0.1) is 0 Å². The van der Waals surface area contributed by atoms with Gasteiger partial charge in [0.05, 0.1) is 5.56 Å². The molecular formula is C14H17BrF3NO2. The topological polar surface area (TPSA) is 40.5 Å². The predicted molar refractivity (Wildman–Crippen MR) is 77.0 cm³/mol. The monoisotopic (exact) mass is 367 g/mol. The lowest BCUT2D eigenvalue weighted by Gasteiger charge is -2.18. The standard InChI is InChI=1S/C14H17BrF3NO2/c1-19(7-3-2-4-8-20)13(21)10-5-6-12(15)11(9-10)14(16,17)18/h5-6,9,20H,2-4,7-8H2,1H3. The van der Waals surface area contributed by atoms with Crippen LogP contribution in [0.2, 0.25) is 0 Å². The molecule has 1 aromatic carbocycles. The van der Waals surface area contributed by atoms with Gasteiger partial charge in [0, 0.05) is 30.2 Å². The lowest BCUT2D eigenvalue weighted by molar-refractivity contribution is -0.138. The number of carbonyl (C=O) groups is 1. The van der Waals surface area contributed by atoms with E-state index in [0.717, 1.165) is 12.5 Å². The molecule has 21 heavy (non-hydrogen) atoms. The van der Waals surface area contributed by atoms with E-state index in [1.54, 1.807) is 7.05 Å². The Balaban J connectivity index is 2.78. The Bertz CT molecular complexity index is 492. The number of nitrogens with zero attached hydrogens (tertiary/aromatic N) is 1. The number of aliphatic hydroxyl groups excluding tert-OH is 1. The van der Waals surface area contributed by atoms with Gasteiger partial charge < -0.3 is 10.0 Å². The van der Waals surface area contributed by atoms with E-state index in [1.807, 2.05) is 0 Å². The number of amides is 1. The predicted octanol–water partition coefficient (Wildman–Crippen LogP) is 3.70. The second-order valence-corrected chi connectivity index (χ2v) is 5.56. The second-order valence-electron chi connectivity index (χ2n) is 4.70. The van der Waals surface area contributed by atoms with Crippen LogP contribution < -0.4 is 0 Å². The highest BCUT2D eigenvalue weighted by molar-refractivity contribution is 9.10. The molecule has 118 valence electrons. The first-order valence-electron chi connectivity index (χ1n) is 6.50. The molecule has 0 heterocycles. The Kier molecular flexibility index (Phi) is 6.67. The summed E-state index contributed by atoms with van der Waals surface area (Å²) in [5.41, 5.74) is -0.850. The van der Waals surface area contributed by atoms with Crippen LogP contribution in [-0.4, -0.2) is 36.1 Å². The molecule has 1 rings (SSSR count). The Morgan fingerprint density at radius 1 is 1.29 bits per heavy atom. The average Bonchev–Trinajstić information content (AvgIpc) is 2.42. The summed E-state index contributed by atoms with van der Waals surface area (Å²) in [6.07, 6.45) is -2.39. The molecule has 0 radical (unpaired) electrons. The number of benzene rings is 1. The number of hydrogen-bond donors (Lipinski definition) is 1. The summed E-state index contributed by atoms with van der Waals surface area (Å²) in [5, 5.41) is 8.66. The van der Waals surface area contributed by atoms with Gasteiger partial charge in [-0.3, -0.25) is 4.79 Å². The van der Waals surface area contributed by atoms with Crippen molar-refractivity contribution in [2.24, 2.45) is 0 Å². The van der Waals surface area contributed by atoms with Gasteiger partial charge in [0.2, 0.25) is 0 Å². The lowest BCUT2D eigenvalue weighted by Crippen LogP contribution is -2.28. The number of halogens is 4. The Morgan fingerprint density at radius 3 is 2.52 bits per heavy atom. The molecule has 3 nitrogen and oxygen atoms in total. The maximum atomic E-state index is 12.8. The van der Waals surface area contributed by atoms with Crippen molar-refractivity contribution in [2.75, 3.05) is 20.2 Å². The SMILES string of the molecule is CN(CCCCCO)C(=O)c1ccc(Br)c(C(F)(F)F)c1. The molecule has 1 N–H and O–H groups in total. The van der Waals surface area contributed by atoms with E-state index in [0.29, 0.717) is 19.4 Å². The minimum atomic E-state index is -4.51. The van der Waals surface area contributed by atoms with E-state index >= 15 is 0 Å². The van der Waals surface area contributed by atoms with Crippen molar-refractivity contribution in [3.8, 4) is 0 Å². The fraction of sp³-hybridized carbons (Fsp3) is 0.500. The van der Waals surface area contributed by atoms with E-state index in [4.69, 9.17) is 5.11 Å². The van der Waals surface area contributed by atoms with Gasteiger partial charge in [-0.05, 0) is 37.5 Å². The van der Waals surface area contributed by atoms with Gasteiger partial charge in [0.1, 0.15) is 0 Å². The second kappa shape index (κ2) is 7.79. The molecule has 0 spiro atoms. The van der Waals surface area contributed by atoms with Crippen molar-refractivity contribution in [2.45, 2.75) is 25.4 Å². The number of unbranched alkanes of at least 4 members (excludes halogenated alkanes) is 2. The summed E-state index contributed by atoms with van der Waals surface area (Å²) >= 11 is 2.84. The quantitative estimate of drug-likeness (QED) is 0.778. The first-order chi connectivity index (χ1) is 9.77. The van der Waals surface area contributed by atoms with E-state index in [-0.39, 0.29) is 16.6 Å². The van der Waals surface area contributed by atoms with Gasteiger partial charge in [-0.25, -0.2) is 0 Å². The molecule has 0 saturated heterocycles. The number of carbonyl (C=O) groups excluding carboxylic acids is 1. The van der Waals surface area contributed by atoms with Gasteiger partial charge in [0.15, 0.2) is 0 Å². The van der Waals surface area contributed by atoms with Crippen LogP contribution in [0.25, 0.3) is 0 Å². The van der Waals surface area contributed by atoms with E-state index in [1.165, 1.54) is 17.0 Å². The third kappa shape index (κ3) is 5.32. The van der Waals surface area contributed by atoms with Gasteiger partial charge in [-0.2, -0.15) is 13.2 Å². The van der Waals surface area contributed by atoms with Crippen LogP contribution in [0.4, 0.5) is 13.2 Å².